The molecule has 1 saturated heterocycles. The minimum atomic E-state index is -0.119. The second kappa shape index (κ2) is 10.1. The molecular weight excluding hydrogens is 378 g/mol. The van der Waals surface area contributed by atoms with Gasteiger partial charge in [-0.25, -0.2) is 0 Å². The molecule has 2 heterocycles. The van der Waals surface area contributed by atoms with Gasteiger partial charge in [0.1, 0.15) is 5.75 Å². The van der Waals surface area contributed by atoms with Crippen LogP contribution in [0.3, 0.4) is 0 Å². The van der Waals surface area contributed by atoms with Gasteiger partial charge in [0.15, 0.2) is 0 Å². The topological polar surface area (TPSA) is 67.6 Å². The van der Waals surface area contributed by atoms with E-state index in [2.05, 4.69) is 27.5 Å². The zero-order valence-electron chi connectivity index (χ0n) is 17.9. The van der Waals surface area contributed by atoms with Crippen LogP contribution in [0, 0.1) is 0 Å². The minimum Gasteiger partial charge on any atom is -0.497 e. The predicted octanol–water partition coefficient (Wildman–Crippen LogP) is 4.17. The Kier molecular flexibility index (Phi) is 7.05. The van der Waals surface area contributed by atoms with Gasteiger partial charge in [-0.2, -0.15) is 0 Å². The van der Waals surface area contributed by atoms with E-state index in [4.69, 9.17) is 9.26 Å². The highest BCUT2D eigenvalue weighted by molar-refractivity contribution is 5.91. The predicted molar refractivity (Wildman–Crippen MR) is 116 cm³/mol. The Labute approximate surface area is 179 Å². The third-order valence-electron chi connectivity index (χ3n) is 6.47. The lowest BCUT2D eigenvalue weighted by molar-refractivity contribution is 0.0890. The van der Waals surface area contributed by atoms with Gasteiger partial charge < -0.3 is 19.5 Å². The number of benzene rings is 1. The molecule has 1 amide bonds. The average molecular weight is 412 g/mol. The number of ether oxygens (including phenoxy) is 1. The fraction of sp³-hybridized carbons (Fsp3) is 0.583. The maximum absolute atomic E-state index is 12.5. The lowest BCUT2D eigenvalue weighted by Crippen LogP contribution is -2.36. The molecule has 6 nitrogen and oxygen atoms in total. The van der Waals surface area contributed by atoms with Gasteiger partial charge in [0.25, 0.3) is 5.91 Å². The van der Waals surface area contributed by atoms with Crippen molar-refractivity contribution < 1.29 is 14.1 Å². The lowest BCUT2D eigenvalue weighted by Gasteiger charge is -2.31. The molecule has 0 bridgehead atoms. The molecule has 6 heteroatoms. The van der Waals surface area contributed by atoms with E-state index >= 15 is 0 Å². The standard InChI is InChI=1S/C24H33N3O3/c1-29-21-11-5-7-18(15-21)12-14-27-13-6-8-19(17-27)22-16-23(30-26-22)24(28)25-20-9-3-2-4-10-20/h5,7,11,15-16,19-20H,2-4,6,8-10,12-14,17H2,1H3,(H,25,28)/t19-/m0/s1. The molecule has 1 aliphatic carbocycles. The number of nitrogens with zero attached hydrogens (tertiary/aromatic N) is 2. The average Bonchev–Trinajstić information content (AvgIpc) is 3.29. The molecule has 2 aliphatic rings. The number of carbonyl (C=O) groups excluding carboxylic acids is 1. The number of hydrogen-bond acceptors (Lipinski definition) is 5. The third-order valence-corrected chi connectivity index (χ3v) is 6.47. The van der Waals surface area contributed by atoms with Crippen LogP contribution in [-0.4, -0.2) is 48.7 Å². The van der Waals surface area contributed by atoms with Gasteiger partial charge in [-0.3, -0.25) is 4.79 Å². The van der Waals surface area contributed by atoms with Crippen molar-refractivity contribution in [2.24, 2.45) is 0 Å². The number of methoxy groups -OCH3 is 1. The van der Waals surface area contributed by atoms with E-state index in [1.54, 1.807) is 7.11 Å². The quantitative estimate of drug-likeness (QED) is 0.741. The fourth-order valence-corrected chi connectivity index (χ4v) is 4.71. The Hall–Kier alpha value is -2.34. The summed E-state index contributed by atoms with van der Waals surface area (Å²) in [7, 11) is 1.70. The summed E-state index contributed by atoms with van der Waals surface area (Å²) in [6.07, 6.45) is 9.02. The first-order valence-corrected chi connectivity index (χ1v) is 11.3. The highest BCUT2D eigenvalue weighted by Crippen LogP contribution is 2.27. The lowest BCUT2D eigenvalue weighted by atomic mass is 9.94. The van der Waals surface area contributed by atoms with Gasteiger partial charge >= 0.3 is 0 Å². The molecule has 1 N–H and O–H groups in total. The molecule has 0 radical (unpaired) electrons. The zero-order chi connectivity index (χ0) is 20.8. The second-order valence-electron chi connectivity index (χ2n) is 8.67. The monoisotopic (exact) mass is 411 g/mol. The number of aromatic nitrogens is 1. The van der Waals surface area contributed by atoms with Crippen LogP contribution < -0.4 is 10.1 Å². The number of amides is 1. The summed E-state index contributed by atoms with van der Waals surface area (Å²) >= 11 is 0. The van der Waals surface area contributed by atoms with E-state index in [0.717, 1.165) is 63.2 Å². The van der Waals surface area contributed by atoms with Crippen molar-refractivity contribution in [3.05, 3.63) is 47.3 Å². The van der Waals surface area contributed by atoms with Gasteiger partial charge in [-0.15, -0.1) is 0 Å². The second-order valence-corrected chi connectivity index (χ2v) is 8.67. The van der Waals surface area contributed by atoms with Crippen molar-refractivity contribution in [2.75, 3.05) is 26.7 Å². The first-order chi connectivity index (χ1) is 14.7. The summed E-state index contributed by atoms with van der Waals surface area (Å²) in [6.45, 7) is 3.07. The van der Waals surface area contributed by atoms with E-state index < -0.39 is 0 Å². The van der Waals surface area contributed by atoms with Crippen molar-refractivity contribution >= 4 is 5.91 Å². The third kappa shape index (κ3) is 5.42. The van der Waals surface area contributed by atoms with Crippen LogP contribution in [0.25, 0.3) is 0 Å². The number of carbonyl (C=O) groups is 1. The van der Waals surface area contributed by atoms with Crippen LogP contribution in [0.5, 0.6) is 5.75 Å². The van der Waals surface area contributed by atoms with Gasteiger partial charge in [0, 0.05) is 31.1 Å². The molecule has 1 saturated carbocycles. The SMILES string of the molecule is COc1cccc(CCN2CCC[C@H](c3cc(C(=O)NC4CCCCC4)on3)C2)c1. The maximum Gasteiger partial charge on any atom is 0.290 e. The highest BCUT2D eigenvalue weighted by Gasteiger charge is 2.26. The van der Waals surface area contributed by atoms with E-state index in [0.29, 0.717) is 11.7 Å². The first kappa shape index (κ1) is 20.9. The number of likely N-dealkylation sites (tertiary alicyclic amines) is 1. The molecule has 30 heavy (non-hydrogen) atoms. The number of rotatable bonds is 7. The Bertz CT molecular complexity index is 829. The Morgan fingerprint density at radius 2 is 2.07 bits per heavy atom. The van der Waals surface area contributed by atoms with Gasteiger partial charge in [0.05, 0.1) is 12.8 Å². The molecule has 2 aromatic rings. The Morgan fingerprint density at radius 3 is 2.90 bits per heavy atom. The maximum atomic E-state index is 12.5. The summed E-state index contributed by atoms with van der Waals surface area (Å²) in [4.78, 5) is 15.0. The number of piperidine rings is 1. The molecular formula is C24H33N3O3. The van der Waals surface area contributed by atoms with Crippen LogP contribution in [0.2, 0.25) is 0 Å². The highest BCUT2D eigenvalue weighted by atomic mass is 16.5. The van der Waals surface area contributed by atoms with Crippen molar-refractivity contribution in [3.8, 4) is 5.75 Å². The molecule has 2 fully saturated rings. The Morgan fingerprint density at radius 1 is 1.20 bits per heavy atom. The molecule has 0 spiro atoms. The van der Waals surface area contributed by atoms with Gasteiger partial charge in [-0.1, -0.05) is 36.6 Å². The van der Waals surface area contributed by atoms with Crippen LogP contribution in [0.15, 0.2) is 34.9 Å². The van der Waals surface area contributed by atoms with Crippen LogP contribution in [-0.2, 0) is 6.42 Å². The van der Waals surface area contributed by atoms with E-state index in [9.17, 15) is 4.79 Å². The summed E-state index contributed by atoms with van der Waals surface area (Å²) < 4.78 is 10.7. The molecule has 4 rings (SSSR count). The smallest absolute Gasteiger partial charge is 0.290 e. The van der Waals surface area contributed by atoms with Gasteiger partial charge in [0.2, 0.25) is 5.76 Å². The van der Waals surface area contributed by atoms with E-state index in [1.807, 2.05) is 18.2 Å². The van der Waals surface area contributed by atoms with Crippen molar-refractivity contribution in [3.63, 3.8) is 0 Å². The first-order valence-electron chi connectivity index (χ1n) is 11.3. The number of nitrogens with one attached hydrogen (secondary N) is 1. The van der Waals surface area contributed by atoms with Crippen molar-refractivity contribution in [2.45, 2.75) is 63.3 Å². The molecule has 1 aromatic heterocycles. The van der Waals surface area contributed by atoms with E-state index in [1.165, 1.54) is 24.8 Å². The summed E-state index contributed by atoms with van der Waals surface area (Å²) in [6, 6.07) is 10.4. The molecule has 1 atom stereocenters. The normalized spacial score (nSPS) is 20.8. The van der Waals surface area contributed by atoms with Crippen LogP contribution in [0.4, 0.5) is 0 Å². The van der Waals surface area contributed by atoms with Crippen LogP contribution in [0.1, 0.15) is 72.7 Å². The van der Waals surface area contributed by atoms with Gasteiger partial charge in [-0.05, 0) is 56.3 Å². The summed E-state index contributed by atoms with van der Waals surface area (Å²) in [5.74, 6) is 1.46. The molecule has 1 aromatic carbocycles. The minimum absolute atomic E-state index is 0.119. The zero-order valence-corrected chi connectivity index (χ0v) is 17.9. The largest absolute Gasteiger partial charge is 0.497 e. The summed E-state index contributed by atoms with van der Waals surface area (Å²) in [5.41, 5.74) is 2.20. The fourth-order valence-electron chi connectivity index (χ4n) is 4.71. The molecule has 162 valence electrons. The van der Waals surface area contributed by atoms with Crippen LogP contribution >= 0.6 is 0 Å². The molecule has 0 unspecified atom stereocenters. The number of hydrogen-bond donors (Lipinski definition) is 1. The van der Waals surface area contributed by atoms with Crippen molar-refractivity contribution in [1.82, 2.24) is 15.4 Å². The summed E-state index contributed by atoms with van der Waals surface area (Å²) in [5, 5.41) is 7.37. The molecule has 1 aliphatic heterocycles. The van der Waals surface area contributed by atoms with Crippen molar-refractivity contribution in [1.29, 1.82) is 0 Å². The Balaban J connectivity index is 1.30. The van der Waals surface area contributed by atoms with E-state index in [-0.39, 0.29) is 11.9 Å².